The van der Waals surface area contributed by atoms with Gasteiger partial charge in [0.05, 0.1) is 17.8 Å². The molecule has 1 N–H and O–H groups in total. The topological polar surface area (TPSA) is 70.8 Å². The van der Waals surface area contributed by atoms with Gasteiger partial charge in [-0.2, -0.15) is 5.10 Å². The molecule has 26 heavy (non-hydrogen) atoms. The average Bonchev–Trinajstić information content (AvgIpc) is 3.29. The molecule has 2 aromatic carbocycles. The van der Waals surface area contributed by atoms with Gasteiger partial charge in [0.2, 0.25) is 11.8 Å². The molecule has 2 aromatic heterocycles. The Morgan fingerprint density at radius 1 is 1.15 bits per heavy atom. The minimum atomic E-state index is 0.0866. The molecule has 0 saturated heterocycles. The first-order chi connectivity index (χ1) is 12.8. The summed E-state index contributed by atoms with van der Waals surface area (Å²) >= 11 is 0. The Kier molecular flexibility index (Phi) is 3.57. The number of hydrogen-bond acceptors (Lipinski definition) is 5. The van der Waals surface area contributed by atoms with Crippen LogP contribution in [0.5, 0.6) is 0 Å². The average molecular weight is 345 g/mol. The molecule has 130 valence electrons. The van der Waals surface area contributed by atoms with E-state index in [1.165, 1.54) is 16.7 Å². The number of aromatic nitrogens is 4. The summed E-state index contributed by atoms with van der Waals surface area (Å²) < 4.78 is 5.78. The van der Waals surface area contributed by atoms with Crippen molar-refractivity contribution in [3.05, 3.63) is 77.1 Å². The molecule has 0 unspecified atom stereocenters. The minimum Gasteiger partial charge on any atom is -0.424 e. The predicted octanol–water partition coefficient (Wildman–Crippen LogP) is 3.55. The summed E-state index contributed by atoms with van der Waals surface area (Å²) in [5.74, 6) is 1.30. The molecule has 0 saturated carbocycles. The van der Waals surface area contributed by atoms with E-state index in [1.807, 2.05) is 13.1 Å². The third kappa shape index (κ3) is 2.68. The van der Waals surface area contributed by atoms with Crippen molar-refractivity contribution >= 4 is 10.9 Å². The van der Waals surface area contributed by atoms with Gasteiger partial charge in [0.1, 0.15) is 0 Å². The SMILES string of the molecule is Cc1nnc([C@H]2Cc3ccccc3CN2Cc2ccc3cn[nH]c3c2)o1. The lowest BCUT2D eigenvalue weighted by molar-refractivity contribution is 0.137. The number of nitrogens with zero attached hydrogens (tertiary/aromatic N) is 4. The Bertz CT molecular complexity index is 1070. The smallest absolute Gasteiger partial charge is 0.233 e. The van der Waals surface area contributed by atoms with Crippen LogP contribution < -0.4 is 0 Å². The minimum absolute atomic E-state index is 0.0866. The highest BCUT2D eigenvalue weighted by Gasteiger charge is 2.31. The normalized spacial score (nSPS) is 17.5. The number of hydrogen-bond donors (Lipinski definition) is 1. The van der Waals surface area contributed by atoms with Crippen LogP contribution in [-0.2, 0) is 19.5 Å². The van der Waals surface area contributed by atoms with Gasteiger partial charge in [-0.3, -0.25) is 10.00 Å². The highest BCUT2D eigenvalue weighted by Crippen LogP contribution is 2.34. The van der Waals surface area contributed by atoms with Crippen LogP contribution in [0.2, 0.25) is 0 Å². The highest BCUT2D eigenvalue weighted by molar-refractivity contribution is 5.78. The van der Waals surface area contributed by atoms with Gasteiger partial charge in [-0.15, -0.1) is 10.2 Å². The molecule has 0 bridgehead atoms. The maximum absolute atomic E-state index is 5.78. The second kappa shape index (κ2) is 6.07. The van der Waals surface area contributed by atoms with E-state index < -0.39 is 0 Å². The lowest BCUT2D eigenvalue weighted by Gasteiger charge is -2.35. The van der Waals surface area contributed by atoms with Gasteiger partial charge in [-0.25, -0.2) is 0 Å². The van der Waals surface area contributed by atoms with E-state index in [0.29, 0.717) is 11.8 Å². The van der Waals surface area contributed by atoms with Crippen molar-refractivity contribution in [3.8, 4) is 0 Å². The summed E-state index contributed by atoms with van der Waals surface area (Å²) in [5, 5.41) is 16.6. The molecule has 0 aliphatic carbocycles. The first-order valence-corrected chi connectivity index (χ1v) is 8.79. The quantitative estimate of drug-likeness (QED) is 0.615. The van der Waals surface area contributed by atoms with E-state index in [9.17, 15) is 0 Å². The van der Waals surface area contributed by atoms with E-state index in [-0.39, 0.29) is 6.04 Å². The fraction of sp³-hybridized carbons (Fsp3) is 0.250. The molecule has 0 radical (unpaired) electrons. The fourth-order valence-electron chi connectivity index (χ4n) is 3.75. The van der Waals surface area contributed by atoms with Crippen molar-refractivity contribution in [2.75, 3.05) is 0 Å². The maximum Gasteiger partial charge on any atom is 0.233 e. The molecule has 6 nitrogen and oxygen atoms in total. The summed E-state index contributed by atoms with van der Waals surface area (Å²) in [6.45, 7) is 3.52. The van der Waals surface area contributed by atoms with Gasteiger partial charge >= 0.3 is 0 Å². The van der Waals surface area contributed by atoms with E-state index in [0.717, 1.165) is 30.4 Å². The molecule has 6 heteroatoms. The van der Waals surface area contributed by atoms with E-state index >= 15 is 0 Å². The third-order valence-corrected chi connectivity index (χ3v) is 5.06. The van der Waals surface area contributed by atoms with Gasteiger partial charge in [-0.05, 0) is 29.2 Å². The van der Waals surface area contributed by atoms with Crippen LogP contribution in [0.4, 0.5) is 0 Å². The van der Waals surface area contributed by atoms with Crippen LogP contribution in [0.25, 0.3) is 10.9 Å². The summed E-state index contributed by atoms with van der Waals surface area (Å²) in [6, 6.07) is 15.1. The molecular formula is C20H19N5O. The van der Waals surface area contributed by atoms with Crippen LogP contribution in [0.15, 0.2) is 53.1 Å². The molecule has 1 aliphatic rings. The Hall–Kier alpha value is -2.99. The Labute approximate surface area is 150 Å². The zero-order valence-electron chi connectivity index (χ0n) is 14.5. The van der Waals surface area contributed by atoms with Crippen LogP contribution >= 0.6 is 0 Å². The summed E-state index contributed by atoms with van der Waals surface area (Å²) in [4.78, 5) is 2.41. The predicted molar refractivity (Wildman–Crippen MR) is 97.3 cm³/mol. The number of nitrogens with one attached hydrogen (secondary N) is 1. The zero-order chi connectivity index (χ0) is 17.5. The molecule has 0 fully saturated rings. The Morgan fingerprint density at radius 2 is 2.04 bits per heavy atom. The van der Waals surface area contributed by atoms with Crippen LogP contribution in [-0.4, -0.2) is 25.3 Å². The number of H-pyrrole nitrogens is 1. The number of fused-ring (bicyclic) bond motifs is 2. The second-order valence-electron chi connectivity index (χ2n) is 6.84. The van der Waals surface area contributed by atoms with Crippen molar-refractivity contribution in [1.82, 2.24) is 25.3 Å². The number of rotatable bonds is 3. The van der Waals surface area contributed by atoms with Gasteiger partial charge in [0, 0.05) is 25.4 Å². The molecule has 4 aromatic rings. The van der Waals surface area contributed by atoms with Gasteiger partial charge in [-0.1, -0.05) is 36.4 Å². The van der Waals surface area contributed by atoms with Crippen molar-refractivity contribution < 1.29 is 4.42 Å². The fourth-order valence-corrected chi connectivity index (χ4v) is 3.75. The summed E-state index contributed by atoms with van der Waals surface area (Å²) in [7, 11) is 0. The lowest BCUT2D eigenvalue weighted by atomic mass is 9.93. The first kappa shape index (κ1) is 15.3. The Balaban J connectivity index is 1.50. The number of benzene rings is 2. The van der Waals surface area contributed by atoms with Crippen LogP contribution in [0.3, 0.4) is 0 Å². The van der Waals surface area contributed by atoms with E-state index in [2.05, 4.69) is 67.8 Å². The zero-order valence-corrected chi connectivity index (χ0v) is 14.5. The van der Waals surface area contributed by atoms with Gasteiger partial charge < -0.3 is 4.42 Å². The molecule has 0 spiro atoms. The first-order valence-electron chi connectivity index (χ1n) is 8.79. The number of aromatic amines is 1. The largest absolute Gasteiger partial charge is 0.424 e. The molecule has 0 amide bonds. The van der Waals surface area contributed by atoms with Crippen LogP contribution in [0.1, 0.15) is 34.5 Å². The maximum atomic E-state index is 5.78. The van der Waals surface area contributed by atoms with Gasteiger partial charge in [0.25, 0.3) is 0 Å². The monoisotopic (exact) mass is 345 g/mol. The lowest BCUT2D eigenvalue weighted by Crippen LogP contribution is -2.34. The van der Waals surface area contributed by atoms with Crippen molar-refractivity contribution in [1.29, 1.82) is 0 Å². The second-order valence-corrected chi connectivity index (χ2v) is 6.84. The molecule has 5 rings (SSSR count). The van der Waals surface area contributed by atoms with Crippen molar-refractivity contribution in [2.45, 2.75) is 32.5 Å². The summed E-state index contributed by atoms with van der Waals surface area (Å²) in [6.07, 6.45) is 2.73. The van der Waals surface area contributed by atoms with Crippen molar-refractivity contribution in [3.63, 3.8) is 0 Å². The molecule has 1 aliphatic heterocycles. The molecular weight excluding hydrogens is 326 g/mol. The Morgan fingerprint density at radius 3 is 2.88 bits per heavy atom. The van der Waals surface area contributed by atoms with E-state index in [4.69, 9.17) is 4.42 Å². The van der Waals surface area contributed by atoms with Crippen LogP contribution in [0, 0.1) is 6.92 Å². The molecule has 3 heterocycles. The standard InChI is InChI=1S/C20H19N5O/c1-13-22-24-20(26-13)19-9-15-4-2-3-5-17(15)12-25(19)11-14-6-7-16-10-21-23-18(16)8-14/h2-8,10,19H,9,11-12H2,1H3,(H,21,23)/t19-/m1/s1. The van der Waals surface area contributed by atoms with Crippen molar-refractivity contribution in [2.24, 2.45) is 0 Å². The summed E-state index contributed by atoms with van der Waals surface area (Å²) in [5.41, 5.74) is 5.02. The molecule has 1 atom stereocenters. The van der Waals surface area contributed by atoms with E-state index in [1.54, 1.807) is 0 Å². The van der Waals surface area contributed by atoms with Gasteiger partial charge in [0.15, 0.2) is 0 Å². The highest BCUT2D eigenvalue weighted by atomic mass is 16.4. The number of aryl methyl sites for hydroxylation is 1. The third-order valence-electron chi connectivity index (χ3n) is 5.06.